The van der Waals surface area contributed by atoms with Crippen molar-refractivity contribution in [3.63, 3.8) is 0 Å². The molecule has 0 bridgehead atoms. The van der Waals surface area contributed by atoms with E-state index in [1.165, 1.54) is 0 Å². The lowest BCUT2D eigenvalue weighted by Crippen LogP contribution is -2.45. The third-order valence-corrected chi connectivity index (χ3v) is 5.80. The second-order valence-electron chi connectivity index (χ2n) is 8.28. The molecule has 0 spiro atoms. The van der Waals surface area contributed by atoms with Crippen LogP contribution in [-0.2, 0) is 9.59 Å². The van der Waals surface area contributed by atoms with Gasteiger partial charge < -0.3 is 14.5 Å². The fraction of sp³-hybridized carbons (Fsp3) is 0.478. The van der Waals surface area contributed by atoms with E-state index in [0.29, 0.717) is 31.3 Å². The highest BCUT2D eigenvalue weighted by atomic mass is 16.5. The van der Waals surface area contributed by atoms with E-state index in [4.69, 9.17) is 4.74 Å². The number of amides is 2. The van der Waals surface area contributed by atoms with E-state index in [1.807, 2.05) is 56.0 Å². The molecule has 1 atom stereocenters. The van der Waals surface area contributed by atoms with Gasteiger partial charge in [-0.1, -0.05) is 17.7 Å². The molecule has 1 aromatic carbocycles. The predicted octanol–water partition coefficient (Wildman–Crippen LogP) is 2.82. The third-order valence-electron chi connectivity index (χ3n) is 5.80. The van der Waals surface area contributed by atoms with Crippen LogP contribution in [0.1, 0.15) is 36.3 Å². The summed E-state index contributed by atoms with van der Waals surface area (Å²) in [5.74, 6) is 1.11. The average molecular weight is 409 g/mol. The topological polar surface area (TPSA) is 75.6 Å². The van der Waals surface area contributed by atoms with Crippen LogP contribution in [0.25, 0.3) is 0 Å². The Morgan fingerprint density at radius 2 is 1.77 bits per heavy atom. The number of carbonyl (C=O) groups is 2. The molecule has 2 aromatic rings. The number of aryl methyl sites for hydroxylation is 3. The minimum absolute atomic E-state index is 0.0184. The number of rotatable bonds is 4. The van der Waals surface area contributed by atoms with Gasteiger partial charge >= 0.3 is 0 Å². The number of anilines is 1. The van der Waals surface area contributed by atoms with Crippen LogP contribution < -0.4 is 9.64 Å². The Kier molecular flexibility index (Phi) is 5.70. The quantitative estimate of drug-likeness (QED) is 0.778. The summed E-state index contributed by atoms with van der Waals surface area (Å²) < 4.78 is 6.02. The minimum Gasteiger partial charge on any atom is -0.474 e. The van der Waals surface area contributed by atoms with E-state index in [-0.39, 0.29) is 30.3 Å². The van der Waals surface area contributed by atoms with Gasteiger partial charge in [-0.3, -0.25) is 9.59 Å². The van der Waals surface area contributed by atoms with Crippen molar-refractivity contribution in [2.75, 3.05) is 24.5 Å². The third kappa shape index (κ3) is 4.45. The first kappa shape index (κ1) is 20.3. The molecule has 3 heterocycles. The number of carbonyl (C=O) groups excluding carboxylic acids is 2. The van der Waals surface area contributed by atoms with Crippen molar-refractivity contribution in [3.05, 3.63) is 47.4 Å². The maximum Gasteiger partial charge on any atom is 0.228 e. The lowest BCUT2D eigenvalue weighted by molar-refractivity contribution is -0.137. The first-order valence-electron chi connectivity index (χ1n) is 10.5. The van der Waals surface area contributed by atoms with Crippen LogP contribution in [0.2, 0.25) is 0 Å². The van der Waals surface area contributed by atoms with Crippen LogP contribution in [0.3, 0.4) is 0 Å². The number of piperidine rings is 1. The summed E-state index contributed by atoms with van der Waals surface area (Å²) >= 11 is 0. The Morgan fingerprint density at radius 1 is 1.07 bits per heavy atom. The molecule has 7 heteroatoms. The zero-order valence-electron chi connectivity index (χ0n) is 17.8. The minimum atomic E-state index is -0.275. The summed E-state index contributed by atoms with van der Waals surface area (Å²) in [6.07, 6.45) is 1.84. The molecule has 0 radical (unpaired) electrons. The summed E-state index contributed by atoms with van der Waals surface area (Å²) in [6.45, 7) is 7.53. The Balaban J connectivity index is 1.32. The van der Waals surface area contributed by atoms with Gasteiger partial charge in [-0.15, -0.1) is 0 Å². The summed E-state index contributed by atoms with van der Waals surface area (Å²) in [7, 11) is 0. The first-order valence-corrected chi connectivity index (χ1v) is 10.5. The SMILES string of the molecule is Cc1ccc(N2CC(C(=O)N3CCC(Oc4cc(C)nc(C)n4)CC3)CC2=O)cc1. The van der Waals surface area contributed by atoms with E-state index >= 15 is 0 Å². The summed E-state index contributed by atoms with van der Waals surface area (Å²) in [4.78, 5) is 37.7. The first-order chi connectivity index (χ1) is 14.4. The molecule has 1 aromatic heterocycles. The number of nitrogens with zero attached hydrogens (tertiary/aromatic N) is 4. The molecule has 1 unspecified atom stereocenters. The molecule has 2 aliphatic rings. The van der Waals surface area contributed by atoms with E-state index < -0.39 is 0 Å². The monoisotopic (exact) mass is 408 g/mol. The van der Waals surface area contributed by atoms with Gasteiger partial charge in [-0.05, 0) is 32.9 Å². The van der Waals surface area contributed by atoms with E-state index in [1.54, 1.807) is 4.90 Å². The molecule has 0 N–H and O–H groups in total. The zero-order chi connectivity index (χ0) is 21.3. The maximum atomic E-state index is 13.0. The highest BCUT2D eigenvalue weighted by Crippen LogP contribution is 2.28. The Bertz CT molecular complexity index is 916. The van der Waals surface area contributed by atoms with Crippen LogP contribution in [0.15, 0.2) is 30.3 Å². The van der Waals surface area contributed by atoms with Crippen LogP contribution >= 0.6 is 0 Å². The Labute approximate surface area is 177 Å². The van der Waals surface area contributed by atoms with Gasteiger partial charge in [-0.2, -0.15) is 4.98 Å². The molecule has 30 heavy (non-hydrogen) atoms. The van der Waals surface area contributed by atoms with Crippen molar-refractivity contribution >= 4 is 17.5 Å². The Morgan fingerprint density at radius 3 is 2.43 bits per heavy atom. The van der Waals surface area contributed by atoms with Gasteiger partial charge in [0.25, 0.3) is 0 Å². The fourth-order valence-electron chi connectivity index (χ4n) is 4.21. The van der Waals surface area contributed by atoms with Gasteiger partial charge in [0.1, 0.15) is 11.9 Å². The van der Waals surface area contributed by atoms with Crippen LogP contribution in [0, 0.1) is 26.7 Å². The standard InChI is InChI=1S/C23H28N4O3/c1-15-4-6-19(7-5-15)27-14-18(13-22(27)28)23(29)26-10-8-20(9-11-26)30-21-12-16(2)24-17(3)25-21/h4-7,12,18,20H,8-11,13-14H2,1-3H3. The van der Waals surface area contributed by atoms with Gasteiger partial charge in [0.05, 0.1) is 5.92 Å². The van der Waals surface area contributed by atoms with Crippen molar-refractivity contribution in [1.29, 1.82) is 0 Å². The summed E-state index contributed by atoms with van der Waals surface area (Å²) in [5, 5.41) is 0. The lowest BCUT2D eigenvalue weighted by Gasteiger charge is -2.33. The number of aromatic nitrogens is 2. The fourth-order valence-corrected chi connectivity index (χ4v) is 4.21. The molecule has 2 aliphatic heterocycles. The van der Waals surface area contributed by atoms with Crippen LogP contribution in [0.5, 0.6) is 5.88 Å². The molecule has 2 fully saturated rings. The van der Waals surface area contributed by atoms with E-state index in [0.717, 1.165) is 29.8 Å². The largest absolute Gasteiger partial charge is 0.474 e. The maximum absolute atomic E-state index is 13.0. The van der Waals surface area contributed by atoms with Crippen molar-refractivity contribution < 1.29 is 14.3 Å². The Hall–Kier alpha value is -2.96. The van der Waals surface area contributed by atoms with Gasteiger partial charge in [0.2, 0.25) is 17.7 Å². The highest BCUT2D eigenvalue weighted by molar-refractivity contribution is 6.00. The van der Waals surface area contributed by atoms with Crippen molar-refractivity contribution in [2.24, 2.45) is 5.92 Å². The lowest BCUT2D eigenvalue weighted by atomic mass is 10.0. The molecular formula is C23H28N4O3. The van der Waals surface area contributed by atoms with Crippen molar-refractivity contribution in [2.45, 2.75) is 46.1 Å². The van der Waals surface area contributed by atoms with Crippen LogP contribution in [0.4, 0.5) is 5.69 Å². The second kappa shape index (κ2) is 8.42. The zero-order valence-corrected chi connectivity index (χ0v) is 17.8. The number of benzene rings is 1. The van der Waals surface area contributed by atoms with Gasteiger partial charge in [0, 0.05) is 56.3 Å². The molecule has 2 saturated heterocycles. The molecule has 4 rings (SSSR count). The van der Waals surface area contributed by atoms with Gasteiger partial charge in [-0.25, -0.2) is 4.98 Å². The highest BCUT2D eigenvalue weighted by Gasteiger charge is 2.38. The predicted molar refractivity (Wildman–Crippen MR) is 113 cm³/mol. The normalized spacial score (nSPS) is 20.0. The summed E-state index contributed by atoms with van der Waals surface area (Å²) in [5.41, 5.74) is 2.90. The van der Waals surface area contributed by atoms with Crippen molar-refractivity contribution in [1.82, 2.24) is 14.9 Å². The number of ether oxygens (including phenoxy) is 1. The molecule has 7 nitrogen and oxygen atoms in total. The molecule has 0 aliphatic carbocycles. The van der Waals surface area contributed by atoms with Crippen LogP contribution in [-0.4, -0.2) is 52.4 Å². The van der Waals surface area contributed by atoms with Crippen molar-refractivity contribution in [3.8, 4) is 5.88 Å². The smallest absolute Gasteiger partial charge is 0.228 e. The van der Waals surface area contributed by atoms with E-state index in [2.05, 4.69) is 9.97 Å². The number of hydrogen-bond acceptors (Lipinski definition) is 5. The second-order valence-corrected chi connectivity index (χ2v) is 8.28. The molecule has 2 amide bonds. The van der Waals surface area contributed by atoms with E-state index in [9.17, 15) is 9.59 Å². The molecule has 158 valence electrons. The molecule has 0 saturated carbocycles. The van der Waals surface area contributed by atoms with Gasteiger partial charge in [0.15, 0.2) is 0 Å². The molecular weight excluding hydrogens is 380 g/mol. The number of hydrogen-bond donors (Lipinski definition) is 0. The number of likely N-dealkylation sites (tertiary alicyclic amines) is 1. The average Bonchev–Trinajstić information content (AvgIpc) is 3.09. The summed E-state index contributed by atoms with van der Waals surface area (Å²) in [6, 6.07) is 9.71.